The van der Waals surface area contributed by atoms with Crippen molar-refractivity contribution in [3.63, 3.8) is 0 Å². The second-order valence-corrected chi connectivity index (χ2v) is 5.19. The molecular weight excluding hydrogens is 268 g/mol. The van der Waals surface area contributed by atoms with E-state index in [1.54, 1.807) is 17.8 Å². The standard InChI is InChI=1S/C17H16O2S/c1-19-17(18)12-11-15-9-5-6-10-16(15)20-13-14-7-3-2-4-8-14/h2-12H,13H2,1H3/b12-11+. The molecule has 0 fully saturated rings. The van der Waals surface area contributed by atoms with E-state index in [0.717, 1.165) is 16.2 Å². The molecule has 20 heavy (non-hydrogen) atoms. The summed E-state index contributed by atoms with van der Waals surface area (Å²) in [5, 5.41) is 0. The average molecular weight is 284 g/mol. The number of carbonyl (C=O) groups is 1. The molecule has 0 aliphatic rings. The summed E-state index contributed by atoms with van der Waals surface area (Å²) in [6.07, 6.45) is 3.24. The molecule has 2 aromatic rings. The monoisotopic (exact) mass is 284 g/mol. The molecule has 0 unspecified atom stereocenters. The van der Waals surface area contributed by atoms with E-state index in [1.165, 1.54) is 18.7 Å². The molecule has 2 rings (SSSR count). The fourth-order valence-electron chi connectivity index (χ4n) is 1.71. The van der Waals surface area contributed by atoms with Crippen LogP contribution in [0.2, 0.25) is 0 Å². The lowest BCUT2D eigenvalue weighted by atomic mass is 10.2. The SMILES string of the molecule is COC(=O)/C=C/c1ccccc1SCc1ccccc1. The van der Waals surface area contributed by atoms with Crippen LogP contribution in [0.4, 0.5) is 0 Å². The Hall–Kier alpha value is -2.00. The molecule has 0 atom stereocenters. The summed E-state index contributed by atoms with van der Waals surface area (Å²) in [5.74, 6) is 0.567. The van der Waals surface area contributed by atoms with Gasteiger partial charge in [-0.3, -0.25) is 0 Å². The summed E-state index contributed by atoms with van der Waals surface area (Å²) < 4.78 is 4.61. The number of rotatable bonds is 5. The van der Waals surface area contributed by atoms with Gasteiger partial charge in [0.1, 0.15) is 0 Å². The molecule has 0 saturated carbocycles. The zero-order valence-corrected chi connectivity index (χ0v) is 12.1. The molecule has 0 aromatic heterocycles. The van der Waals surface area contributed by atoms with Crippen molar-refractivity contribution in [2.45, 2.75) is 10.6 Å². The van der Waals surface area contributed by atoms with Crippen molar-refractivity contribution in [1.82, 2.24) is 0 Å². The first kappa shape index (κ1) is 14.4. The highest BCUT2D eigenvalue weighted by atomic mass is 32.2. The lowest BCUT2D eigenvalue weighted by molar-refractivity contribution is -0.134. The maximum atomic E-state index is 11.2. The third-order valence-electron chi connectivity index (χ3n) is 2.76. The van der Waals surface area contributed by atoms with Crippen molar-refractivity contribution in [1.29, 1.82) is 0 Å². The van der Waals surface area contributed by atoms with Gasteiger partial charge < -0.3 is 4.74 Å². The number of benzene rings is 2. The van der Waals surface area contributed by atoms with Crippen molar-refractivity contribution in [3.05, 3.63) is 71.8 Å². The van der Waals surface area contributed by atoms with Gasteiger partial charge >= 0.3 is 5.97 Å². The first-order chi connectivity index (χ1) is 9.79. The Morgan fingerprint density at radius 2 is 1.80 bits per heavy atom. The third kappa shape index (κ3) is 4.28. The van der Waals surface area contributed by atoms with Crippen LogP contribution < -0.4 is 0 Å². The van der Waals surface area contributed by atoms with Crippen LogP contribution >= 0.6 is 11.8 Å². The highest BCUT2D eigenvalue weighted by Crippen LogP contribution is 2.27. The second-order valence-electron chi connectivity index (χ2n) is 4.17. The summed E-state index contributed by atoms with van der Waals surface area (Å²) in [4.78, 5) is 12.3. The number of carbonyl (C=O) groups excluding carboxylic acids is 1. The number of thioether (sulfide) groups is 1. The van der Waals surface area contributed by atoms with Gasteiger partial charge in [-0.1, -0.05) is 48.5 Å². The molecule has 0 aliphatic heterocycles. The molecule has 0 aliphatic carbocycles. The van der Waals surface area contributed by atoms with Gasteiger partial charge in [0.15, 0.2) is 0 Å². The van der Waals surface area contributed by atoms with Gasteiger partial charge in [-0.05, 0) is 23.3 Å². The van der Waals surface area contributed by atoms with E-state index in [1.807, 2.05) is 36.4 Å². The van der Waals surface area contributed by atoms with Crippen LogP contribution in [0.5, 0.6) is 0 Å². The fourth-order valence-corrected chi connectivity index (χ4v) is 2.70. The minimum atomic E-state index is -0.340. The highest BCUT2D eigenvalue weighted by molar-refractivity contribution is 7.98. The molecule has 0 spiro atoms. The van der Waals surface area contributed by atoms with E-state index < -0.39 is 0 Å². The Bertz CT molecular complexity index is 591. The summed E-state index contributed by atoms with van der Waals surface area (Å²) >= 11 is 1.76. The second kappa shape index (κ2) is 7.56. The fraction of sp³-hybridized carbons (Fsp3) is 0.118. The molecule has 102 valence electrons. The molecule has 0 N–H and O–H groups in total. The molecule has 0 bridgehead atoms. The normalized spacial score (nSPS) is 10.7. The summed E-state index contributed by atoms with van der Waals surface area (Å²) in [6.45, 7) is 0. The van der Waals surface area contributed by atoms with Crippen LogP contribution in [0.1, 0.15) is 11.1 Å². The van der Waals surface area contributed by atoms with Gasteiger partial charge in [0.25, 0.3) is 0 Å². The smallest absolute Gasteiger partial charge is 0.330 e. The van der Waals surface area contributed by atoms with Crippen LogP contribution in [0.15, 0.2) is 65.6 Å². The maximum absolute atomic E-state index is 11.2. The quantitative estimate of drug-likeness (QED) is 0.468. The first-order valence-electron chi connectivity index (χ1n) is 6.31. The topological polar surface area (TPSA) is 26.3 Å². The Balaban J connectivity index is 2.08. The van der Waals surface area contributed by atoms with E-state index in [2.05, 4.69) is 22.9 Å². The third-order valence-corrected chi connectivity index (χ3v) is 3.92. The van der Waals surface area contributed by atoms with Gasteiger partial charge in [-0.15, -0.1) is 11.8 Å². The Morgan fingerprint density at radius 3 is 2.55 bits per heavy atom. The van der Waals surface area contributed by atoms with Gasteiger partial charge in [0, 0.05) is 16.7 Å². The number of methoxy groups -OCH3 is 1. The van der Waals surface area contributed by atoms with Crippen LogP contribution in [-0.4, -0.2) is 13.1 Å². The number of hydrogen-bond donors (Lipinski definition) is 0. The zero-order chi connectivity index (χ0) is 14.2. The molecular formula is C17H16O2S. The van der Waals surface area contributed by atoms with Crippen LogP contribution in [0.3, 0.4) is 0 Å². The molecule has 3 heteroatoms. The average Bonchev–Trinajstić information content (AvgIpc) is 2.52. The Morgan fingerprint density at radius 1 is 1.10 bits per heavy atom. The lowest BCUT2D eigenvalue weighted by Gasteiger charge is -2.05. The van der Waals surface area contributed by atoms with E-state index >= 15 is 0 Å². The van der Waals surface area contributed by atoms with Gasteiger partial charge in [-0.25, -0.2) is 4.79 Å². The van der Waals surface area contributed by atoms with Crippen molar-refractivity contribution < 1.29 is 9.53 Å². The largest absolute Gasteiger partial charge is 0.466 e. The van der Waals surface area contributed by atoms with Crippen molar-refractivity contribution in [3.8, 4) is 0 Å². The van der Waals surface area contributed by atoms with Crippen LogP contribution in [0, 0.1) is 0 Å². The molecule has 0 amide bonds. The van der Waals surface area contributed by atoms with E-state index in [4.69, 9.17) is 0 Å². The minimum absolute atomic E-state index is 0.340. The Labute approximate surface area is 123 Å². The predicted molar refractivity (Wildman–Crippen MR) is 83.5 cm³/mol. The number of ether oxygens (including phenoxy) is 1. The first-order valence-corrected chi connectivity index (χ1v) is 7.30. The highest BCUT2D eigenvalue weighted by Gasteiger charge is 2.01. The number of hydrogen-bond acceptors (Lipinski definition) is 3. The lowest BCUT2D eigenvalue weighted by Crippen LogP contribution is -1.93. The maximum Gasteiger partial charge on any atom is 0.330 e. The van der Waals surface area contributed by atoms with Crippen LogP contribution in [-0.2, 0) is 15.3 Å². The summed E-state index contributed by atoms with van der Waals surface area (Å²) in [5.41, 5.74) is 2.31. The van der Waals surface area contributed by atoms with E-state index in [0.29, 0.717) is 0 Å². The molecule has 0 radical (unpaired) electrons. The van der Waals surface area contributed by atoms with Crippen molar-refractivity contribution in [2.75, 3.05) is 7.11 Å². The number of esters is 1. The van der Waals surface area contributed by atoms with E-state index in [-0.39, 0.29) is 5.97 Å². The van der Waals surface area contributed by atoms with Crippen LogP contribution in [0.25, 0.3) is 6.08 Å². The molecule has 2 nitrogen and oxygen atoms in total. The molecule has 2 aromatic carbocycles. The zero-order valence-electron chi connectivity index (χ0n) is 11.3. The minimum Gasteiger partial charge on any atom is -0.466 e. The molecule has 0 saturated heterocycles. The van der Waals surface area contributed by atoms with E-state index in [9.17, 15) is 4.79 Å². The summed E-state index contributed by atoms with van der Waals surface area (Å²) in [6, 6.07) is 18.3. The molecule has 0 heterocycles. The predicted octanol–water partition coefficient (Wildman–Crippen LogP) is 4.17. The summed E-state index contributed by atoms with van der Waals surface area (Å²) in [7, 11) is 1.38. The Kier molecular flexibility index (Phi) is 5.44. The van der Waals surface area contributed by atoms with Crippen molar-refractivity contribution in [2.24, 2.45) is 0 Å². The van der Waals surface area contributed by atoms with Gasteiger partial charge in [-0.2, -0.15) is 0 Å². The van der Waals surface area contributed by atoms with Gasteiger partial charge in [0.2, 0.25) is 0 Å². The van der Waals surface area contributed by atoms with Crippen molar-refractivity contribution >= 4 is 23.8 Å². The van der Waals surface area contributed by atoms with Gasteiger partial charge in [0.05, 0.1) is 7.11 Å².